The highest BCUT2D eigenvalue weighted by molar-refractivity contribution is 5.69. The molecule has 0 unspecified atom stereocenters. The fraction of sp³-hybridized carbons (Fsp3) is 0.333. The topological polar surface area (TPSA) is 208 Å². The molecule has 0 aliphatic rings. The molecule has 0 fully saturated rings. The minimum absolute atomic E-state index is 0.107. The smallest absolute Gasteiger partial charge is 0.317 e. The van der Waals surface area contributed by atoms with E-state index in [9.17, 15) is 50.2 Å². The van der Waals surface area contributed by atoms with Gasteiger partial charge in [-0.05, 0) is 18.6 Å². The normalized spacial score (nSPS) is 11.0. The number of hydrogen-bond donors (Lipinski definition) is 4. The third-order valence-electron chi connectivity index (χ3n) is 5.00. The number of rotatable bonds is 14. The number of carboxylic acids is 2. The number of carboxylic acid groups (broad SMARTS) is 2. The molecule has 2 aromatic rings. The predicted octanol–water partition coefficient (Wildman–Crippen LogP) is 1.78. The molecule has 2 rings (SSSR count). The summed E-state index contributed by atoms with van der Waals surface area (Å²) < 4.78 is 0. The fourth-order valence-corrected chi connectivity index (χ4v) is 3.43. The molecule has 188 valence electrons. The summed E-state index contributed by atoms with van der Waals surface area (Å²) in [6, 6.07) is 6.82. The van der Waals surface area contributed by atoms with E-state index in [1.807, 2.05) is 0 Å². The van der Waals surface area contributed by atoms with Gasteiger partial charge in [0.05, 0.1) is 22.9 Å². The SMILES string of the molecule is O=C(O)CN(CCCN(CC(=O)O)Cc1cc([N+](=O)[O-])ccc1O)Cc1cc([N+](=O)[O-])ccc1O. The number of nitro benzene ring substituents is 2. The Morgan fingerprint density at radius 1 is 0.743 bits per heavy atom. The quantitative estimate of drug-likeness (QED) is 0.220. The Balaban J connectivity index is 2.11. The van der Waals surface area contributed by atoms with Gasteiger partial charge in [-0.25, -0.2) is 0 Å². The molecular weight excluding hydrogens is 468 g/mol. The van der Waals surface area contributed by atoms with Crippen LogP contribution in [0.5, 0.6) is 11.5 Å². The molecule has 2 aromatic carbocycles. The number of non-ortho nitro benzene ring substituents is 2. The van der Waals surface area contributed by atoms with E-state index in [0.29, 0.717) is 0 Å². The molecule has 0 saturated carbocycles. The van der Waals surface area contributed by atoms with Gasteiger partial charge >= 0.3 is 11.9 Å². The molecule has 0 radical (unpaired) electrons. The summed E-state index contributed by atoms with van der Waals surface area (Å²) in [5.41, 5.74) is -0.219. The Hall–Kier alpha value is -4.30. The second kappa shape index (κ2) is 12.2. The molecule has 0 spiro atoms. The van der Waals surface area contributed by atoms with E-state index in [1.165, 1.54) is 9.80 Å². The molecule has 0 aromatic heterocycles. The number of aromatic hydroxyl groups is 2. The van der Waals surface area contributed by atoms with Crippen LogP contribution in [0.1, 0.15) is 17.5 Å². The van der Waals surface area contributed by atoms with Gasteiger partial charge in [0.25, 0.3) is 11.4 Å². The number of benzene rings is 2. The maximum atomic E-state index is 11.3. The van der Waals surface area contributed by atoms with Crippen LogP contribution in [0.3, 0.4) is 0 Å². The summed E-state index contributed by atoms with van der Waals surface area (Å²) in [6.07, 6.45) is 0.256. The first-order chi connectivity index (χ1) is 16.5. The van der Waals surface area contributed by atoms with Crippen molar-refractivity contribution in [1.29, 1.82) is 0 Å². The molecule has 0 saturated heterocycles. The molecule has 14 heteroatoms. The number of hydrogen-bond acceptors (Lipinski definition) is 10. The van der Waals surface area contributed by atoms with E-state index in [0.717, 1.165) is 36.4 Å². The minimum atomic E-state index is -1.17. The maximum Gasteiger partial charge on any atom is 0.317 e. The number of carbonyl (C=O) groups is 2. The van der Waals surface area contributed by atoms with E-state index < -0.39 is 34.9 Å². The van der Waals surface area contributed by atoms with Crippen molar-refractivity contribution in [2.75, 3.05) is 26.2 Å². The van der Waals surface area contributed by atoms with Gasteiger partial charge in [0.1, 0.15) is 11.5 Å². The summed E-state index contributed by atoms with van der Waals surface area (Å²) in [6.45, 7) is -0.828. The Labute approximate surface area is 198 Å². The zero-order valence-electron chi connectivity index (χ0n) is 18.4. The van der Waals surface area contributed by atoms with Crippen molar-refractivity contribution in [3.63, 3.8) is 0 Å². The summed E-state index contributed by atoms with van der Waals surface area (Å²) >= 11 is 0. The highest BCUT2D eigenvalue weighted by atomic mass is 16.6. The Bertz CT molecular complexity index is 1020. The van der Waals surface area contributed by atoms with Crippen molar-refractivity contribution in [2.24, 2.45) is 0 Å². The highest BCUT2D eigenvalue weighted by Crippen LogP contribution is 2.26. The van der Waals surface area contributed by atoms with Crippen molar-refractivity contribution in [1.82, 2.24) is 9.80 Å². The summed E-state index contributed by atoms with van der Waals surface area (Å²) in [5, 5.41) is 60.5. The molecule has 0 aliphatic heterocycles. The lowest BCUT2D eigenvalue weighted by Gasteiger charge is -2.24. The number of nitrogens with zero attached hydrogens (tertiary/aromatic N) is 4. The molecule has 0 aliphatic carbocycles. The van der Waals surface area contributed by atoms with E-state index in [4.69, 9.17) is 0 Å². The van der Waals surface area contributed by atoms with Gasteiger partial charge in [0, 0.05) is 61.6 Å². The van der Waals surface area contributed by atoms with Crippen LogP contribution in [0, 0.1) is 20.2 Å². The molecule has 0 amide bonds. The summed E-state index contributed by atoms with van der Waals surface area (Å²) in [4.78, 5) is 46.1. The van der Waals surface area contributed by atoms with Crippen LogP contribution in [0.2, 0.25) is 0 Å². The minimum Gasteiger partial charge on any atom is -0.508 e. The number of aliphatic carboxylic acids is 2. The van der Waals surface area contributed by atoms with E-state index in [2.05, 4.69) is 0 Å². The molecule has 4 N–H and O–H groups in total. The third-order valence-corrected chi connectivity index (χ3v) is 5.00. The molecule has 0 atom stereocenters. The van der Waals surface area contributed by atoms with Crippen molar-refractivity contribution in [3.05, 3.63) is 67.8 Å². The molecule has 0 bridgehead atoms. The fourth-order valence-electron chi connectivity index (χ4n) is 3.43. The Morgan fingerprint density at radius 2 is 1.11 bits per heavy atom. The van der Waals surface area contributed by atoms with Crippen LogP contribution < -0.4 is 0 Å². The van der Waals surface area contributed by atoms with Gasteiger partial charge in [-0.2, -0.15) is 0 Å². The summed E-state index contributed by atoms with van der Waals surface area (Å²) in [5.74, 6) is -2.81. The number of phenolic OH excluding ortho intramolecular Hbond substituents is 2. The van der Waals surface area contributed by atoms with Crippen molar-refractivity contribution in [2.45, 2.75) is 19.5 Å². The van der Waals surface area contributed by atoms with Gasteiger partial charge < -0.3 is 20.4 Å². The zero-order valence-corrected chi connectivity index (χ0v) is 18.4. The average molecular weight is 492 g/mol. The van der Waals surface area contributed by atoms with Gasteiger partial charge in [0.15, 0.2) is 0 Å². The van der Waals surface area contributed by atoms with E-state index >= 15 is 0 Å². The standard InChI is InChI=1S/C21H24N4O10/c26-18-4-2-16(24(32)33)8-14(18)10-22(12-20(28)29)6-1-7-23(13-21(30)31)11-15-9-17(25(34)35)3-5-19(15)27/h2-5,8-9,26-27H,1,6-7,10-13H2,(H,28,29)(H,30,31). The van der Waals surface area contributed by atoms with Crippen LogP contribution in [-0.2, 0) is 22.7 Å². The first-order valence-electron chi connectivity index (χ1n) is 10.3. The van der Waals surface area contributed by atoms with Crippen LogP contribution >= 0.6 is 0 Å². The van der Waals surface area contributed by atoms with Crippen LogP contribution in [0.25, 0.3) is 0 Å². The predicted molar refractivity (Wildman–Crippen MR) is 120 cm³/mol. The van der Waals surface area contributed by atoms with Crippen molar-refractivity contribution >= 4 is 23.3 Å². The Morgan fingerprint density at radius 3 is 1.43 bits per heavy atom. The first-order valence-corrected chi connectivity index (χ1v) is 10.3. The average Bonchev–Trinajstić information content (AvgIpc) is 2.75. The van der Waals surface area contributed by atoms with Crippen LogP contribution in [-0.4, -0.2) is 78.2 Å². The number of phenols is 2. The summed E-state index contributed by atoms with van der Waals surface area (Å²) in [7, 11) is 0. The van der Waals surface area contributed by atoms with Crippen molar-refractivity contribution < 1.29 is 39.9 Å². The number of nitro groups is 2. The lowest BCUT2D eigenvalue weighted by atomic mass is 10.1. The lowest BCUT2D eigenvalue weighted by Crippen LogP contribution is -2.35. The van der Waals surface area contributed by atoms with Crippen LogP contribution in [0.4, 0.5) is 11.4 Å². The zero-order chi connectivity index (χ0) is 26.1. The van der Waals surface area contributed by atoms with Gasteiger partial charge in [-0.1, -0.05) is 0 Å². The van der Waals surface area contributed by atoms with Crippen molar-refractivity contribution in [3.8, 4) is 11.5 Å². The highest BCUT2D eigenvalue weighted by Gasteiger charge is 2.19. The molecular formula is C21H24N4O10. The third kappa shape index (κ3) is 8.53. The monoisotopic (exact) mass is 492 g/mol. The van der Waals surface area contributed by atoms with Gasteiger partial charge in [-0.3, -0.25) is 39.6 Å². The van der Waals surface area contributed by atoms with Gasteiger partial charge in [-0.15, -0.1) is 0 Å². The van der Waals surface area contributed by atoms with Crippen LogP contribution in [0.15, 0.2) is 36.4 Å². The second-order valence-electron chi connectivity index (χ2n) is 7.70. The largest absolute Gasteiger partial charge is 0.508 e. The second-order valence-corrected chi connectivity index (χ2v) is 7.70. The van der Waals surface area contributed by atoms with E-state index in [1.54, 1.807) is 0 Å². The lowest BCUT2D eigenvalue weighted by molar-refractivity contribution is -0.385. The van der Waals surface area contributed by atoms with Gasteiger partial charge in [0.2, 0.25) is 0 Å². The molecule has 35 heavy (non-hydrogen) atoms. The molecule has 14 nitrogen and oxygen atoms in total. The maximum absolute atomic E-state index is 11.3. The van der Waals surface area contributed by atoms with E-state index in [-0.39, 0.29) is 66.6 Å². The Kier molecular flexibility index (Phi) is 9.43. The first kappa shape index (κ1) is 26.9. The molecule has 0 heterocycles.